The second kappa shape index (κ2) is 5.87. The molecule has 102 valence electrons. The molecule has 0 aromatic heterocycles. The van der Waals surface area contributed by atoms with Crippen LogP contribution in [-0.4, -0.2) is 30.2 Å². The van der Waals surface area contributed by atoms with Crippen molar-refractivity contribution in [3.63, 3.8) is 0 Å². The zero-order valence-electron chi connectivity index (χ0n) is 11.6. The lowest BCUT2D eigenvalue weighted by Gasteiger charge is -2.47. The summed E-state index contributed by atoms with van der Waals surface area (Å²) in [6, 6.07) is 0.0378. The summed E-state index contributed by atoms with van der Waals surface area (Å²) in [5.74, 6) is 0.490. The van der Waals surface area contributed by atoms with Gasteiger partial charge in [0.25, 0.3) is 0 Å². The minimum Gasteiger partial charge on any atom is -0.343 e. The van der Waals surface area contributed by atoms with E-state index in [2.05, 4.69) is 36.7 Å². The molecule has 2 rings (SSSR count). The fraction of sp³-hybridized carbons (Fsp3) is 0.733. The lowest BCUT2D eigenvalue weighted by atomic mass is 9.86. The molecule has 18 heavy (non-hydrogen) atoms. The number of nitrogens with one attached hydrogen (secondary N) is 1. The van der Waals surface area contributed by atoms with Crippen molar-refractivity contribution in [2.75, 3.05) is 13.1 Å². The predicted molar refractivity (Wildman–Crippen MR) is 73.9 cm³/mol. The summed E-state index contributed by atoms with van der Waals surface area (Å²) >= 11 is 0. The van der Waals surface area contributed by atoms with E-state index in [1.807, 2.05) is 0 Å². The Morgan fingerprint density at radius 3 is 2.44 bits per heavy atom. The molecule has 0 spiro atoms. The van der Waals surface area contributed by atoms with Crippen LogP contribution in [0, 0.1) is 5.92 Å². The molecule has 2 fully saturated rings. The Balaban J connectivity index is 2.15. The molecule has 1 saturated heterocycles. The lowest BCUT2D eigenvalue weighted by Crippen LogP contribution is -2.53. The highest BCUT2D eigenvalue weighted by molar-refractivity contribution is 5.19. The Kier molecular flexibility index (Phi) is 4.44. The number of halogens is 1. The summed E-state index contributed by atoms with van der Waals surface area (Å²) in [5.41, 5.74) is 2.37. The van der Waals surface area contributed by atoms with Gasteiger partial charge in [-0.05, 0) is 25.7 Å². The minimum absolute atomic E-state index is 0.0378. The maximum absolute atomic E-state index is 13.8. The van der Waals surface area contributed by atoms with E-state index >= 15 is 0 Å². The minimum atomic E-state index is -0.679. The molecule has 0 aromatic carbocycles. The molecule has 0 bridgehead atoms. The van der Waals surface area contributed by atoms with Gasteiger partial charge in [-0.2, -0.15) is 0 Å². The molecule has 0 aromatic rings. The van der Waals surface area contributed by atoms with E-state index in [4.69, 9.17) is 0 Å². The average Bonchev–Trinajstić information content (AvgIpc) is 2.29. The summed E-state index contributed by atoms with van der Waals surface area (Å²) in [7, 11) is 0. The highest BCUT2D eigenvalue weighted by Crippen LogP contribution is 2.36. The quantitative estimate of drug-likeness (QED) is 0.781. The third-order valence-electron chi connectivity index (χ3n) is 4.16. The standard InChI is InChI=1S/C15H25FN2/c1-4-6-13(5-2)18(15-8-7-14(15)16)11(3)12-9-17-10-12/h6,12,14-15,17H,3-5,7-10H2,1-2H3/b13-6+/t14?,15-/m1/s1. The highest BCUT2D eigenvalue weighted by atomic mass is 19.1. The predicted octanol–water partition coefficient (Wildman–Crippen LogP) is 3.23. The molecule has 0 amide bonds. The first kappa shape index (κ1) is 13.6. The third-order valence-corrected chi connectivity index (χ3v) is 4.16. The van der Waals surface area contributed by atoms with E-state index in [0.717, 1.165) is 38.0 Å². The normalized spacial score (nSPS) is 28.5. The first-order valence-corrected chi connectivity index (χ1v) is 7.20. The summed E-state index contributed by atoms with van der Waals surface area (Å²) < 4.78 is 13.8. The van der Waals surface area contributed by atoms with E-state index < -0.39 is 6.17 Å². The molecule has 3 heteroatoms. The fourth-order valence-corrected chi connectivity index (χ4v) is 2.71. The van der Waals surface area contributed by atoms with Crippen LogP contribution in [0.1, 0.15) is 39.5 Å². The van der Waals surface area contributed by atoms with Gasteiger partial charge in [0.15, 0.2) is 0 Å². The van der Waals surface area contributed by atoms with Crippen molar-refractivity contribution in [2.24, 2.45) is 5.92 Å². The number of hydrogen-bond donors (Lipinski definition) is 1. The average molecular weight is 252 g/mol. The summed E-state index contributed by atoms with van der Waals surface area (Å²) in [6.45, 7) is 10.5. The zero-order valence-corrected chi connectivity index (χ0v) is 11.6. The smallest absolute Gasteiger partial charge is 0.121 e. The van der Waals surface area contributed by atoms with Crippen LogP contribution >= 0.6 is 0 Å². The first-order valence-electron chi connectivity index (χ1n) is 7.20. The van der Waals surface area contributed by atoms with Crippen LogP contribution in [0.2, 0.25) is 0 Å². The number of rotatable bonds is 6. The molecule has 1 aliphatic carbocycles. The molecule has 2 aliphatic rings. The Bertz CT molecular complexity index is 333. The van der Waals surface area contributed by atoms with Crippen molar-refractivity contribution in [2.45, 2.75) is 51.7 Å². The van der Waals surface area contributed by atoms with E-state index in [1.54, 1.807) is 0 Å². The highest BCUT2D eigenvalue weighted by Gasteiger charge is 2.39. The van der Waals surface area contributed by atoms with Crippen molar-refractivity contribution >= 4 is 0 Å². The fourth-order valence-electron chi connectivity index (χ4n) is 2.71. The van der Waals surface area contributed by atoms with Crippen LogP contribution in [0.4, 0.5) is 4.39 Å². The van der Waals surface area contributed by atoms with Gasteiger partial charge in [-0.15, -0.1) is 0 Å². The molecule has 1 heterocycles. The first-order chi connectivity index (χ1) is 8.69. The van der Waals surface area contributed by atoms with Crippen LogP contribution < -0.4 is 5.32 Å². The van der Waals surface area contributed by atoms with Gasteiger partial charge in [0.05, 0.1) is 6.04 Å². The maximum atomic E-state index is 13.8. The summed E-state index contributed by atoms with van der Waals surface area (Å²) in [4.78, 5) is 2.21. The van der Waals surface area contributed by atoms with Crippen LogP contribution in [0.3, 0.4) is 0 Å². The SMILES string of the molecule is C=C(C1CNC1)N(/C(=C/CC)CC)[C@@H]1CCC1F. The summed E-state index contributed by atoms with van der Waals surface area (Å²) in [5, 5.41) is 3.27. The number of alkyl halides is 1. The van der Waals surface area contributed by atoms with Gasteiger partial charge >= 0.3 is 0 Å². The maximum Gasteiger partial charge on any atom is 0.121 e. The summed E-state index contributed by atoms with van der Waals surface area (Å²) in [6.07, 6.45) is 5.17. The van der Waals surface area contributed by atoms with Crippen molar-refractivity contribution in [3.05, 3.63) is 24.0 Å². The van der Waals surface area contributed by atoms with Crippen molar-refractivity contribution < 1.29 is 4.39 Å². The Morgan fingerprint density at radius 2 is 2.11 bits per heavy atom. The van der Waals surface area contributed by atoms with Gasteiger partial charge in [-0.1, -0.05) is 26.5 Å². The molecular formula is C15H25FN2. The van der Waals surface area contributed by atoms with Gasteiger partial charge in [-0.25, -0.2) is 4.39 Å². The molecule has 2 nitrogen and oxygen atoms in total. The van der Waals surface area contributed by atoms with Gasteiger partial charge in [0, 0.05) is 30.4 Å². The van der Waals surface area contributed by atoms with Gasteiger partial charge in [-0.3, -0.25) is 0 Å². The Labute approximate surface area is 110 Å². The number of hydrogen-bond acceptors (Lipinski definition) is 2. The molecular weight excluding hydrogens is 227 g/mol. The van der Waals surface area contributed by atoms with Crippen molar-refractivity contribution in [1.82, 2.24) is 10.2 Å². The molecule has 1 unspecified atom stereocenters. The molecule has 1 N–H and O–H groups in total. The molecule has 1 saturated carbocycles. The Morgan fingerprint density at radius 1 is 1.39 bits per heavy atom. The van der Waals surface area contributed by atoms with Crippen LogP contribution in [0.15, 0.2) is 24.0 Å². The molecule has 2 atom stereocenters. The van der Waals surface area contributed by atoms with Gasteiger partial charge in [0.1, 0.15) is 6.17 Å². The van der Waals surface area contributed by atoms with E-state index in [-0.39, 0.29) is 6.04 Å². The van der Waals surface area contributed by atoms with Crippen LogP contribution in [0.5, 0.6) is 0 Å². The van der Waals surface area contributed by atoms with Crippen molar-refractivity contribution in [1.29, 1.82) is 0 Å². The second-order valence-electron chi connectivity index (χ2n) is 5.33. The number of nitrogens with zero attached hydrogens (tertiary/aromatic N) is 1. The van der Waals surface area contributed by atoms with Crippen molar-refractivity contribution in [3.8, 4) is 0 Å². The van der Waals surface area contributed by atoms with Gasteiger partial charge < -0.3 is 10.2 Å². The second-order valence-corrected chi connectivity index (χ2v) is 5.33. The van der Waals surface area contributed by atoms with E-state index in [9.17, 15) is 4.39 Å². The van der Waals surface area contributed by atoms with Crippen LogP contribution in [-0.2, 0) is 0 Å². The molecule has 1 aliphatic heterocycles. The van der Waals surface area contributed by atoms with E-state index in [0.29, 0.717) is 12.3 Å². The largest absolute Gasteiger partial charge is 0.343 e. The topological polar surface area (TPSA) is 15.3 Å². The van der Waals surface area contributed by atoms with Gasteiger partial charge in [0.2, 0.25) is 0 Å². The van der Waals surface area contributed by atoms with Crippen LogP contribution in [0.25, 0.3) is 0 Å². The zero-order chi connectivity index (χ0) is 13.1. The number of allylic oxidation sites excluding steroid dienone is 2. The third kappa shape index (κ3) is 2.46. The lowest BCUT2D eigenvalue weighted by molar-refractivity contribution is 0.0652. The monoisotopic (exact) mass is 252 g/mol. The van der Waals surface area contributed by atoms with E-state index in [1.165, 1.54) is 5.70 Å². The Hall–Kier alpha value is -0.830. The molecule has 0 radical (unpaired) electrons.